The van der Waals surface area contributed by atoms with Crippen LogP contribution in [-0.2, 0) is 6.42 Å². The molecule has 1 unspecified atom stereocenters. The summed E-state index contributed by atoms with van der Waals surface area (Å²) in [6.45, 7) is 4.93. The third-order valence-corrected chi connectivity index (χ3v) is 5.54. The van der Waals surface area contributed by atoms with Gasteiger partial charge in [0.2, 0.25) is 0 Å². The number of piperazine rings is 1. The number of pyridine rings is 1. The Balaban J connectivity index is 1.44. The Kier molecular flexibility index (Phi) is 5.28. The fourth-order valence-corrected chi connectivity index (χ4v) is 4.03. The Morgan fingerprint density at radius 1 is 1.18 bits per heavy atom. The van der Waals surface area contributed by atoms with Gasteiger partial charge in [0, 0.05) is 37.9 Å². The highest BCUT2D eigenvalue weighted by molar-refractivity contribution is 5.95. The van der Waals surface area contributed by atoms with Gasteiger partial charge in [0.25, 0.3) is 11.8 Å². The van der Waals surface area contributed by atoms with Crippen molar-refractivity contribution in [2.75, 3.05) is 31.1 Å². The van der Waals surface area contributed by atoms with Crippen molar-refractivity contribution in [3.8, 4) is 0 Å². The fraction of sp³-hybridized carbons (Fsp3) is 0.409. The van der Waals surface area contributed by atoms with Crippen molar-refractivity contribution in [1.82, 2.24) is 15.2 Å². The van der Waals surface area contributed by atoms with E-state index in [1.807, 2.05) is 41.3 Å². The van der Waals surface area contributed by atoms with Gasteiger partial charge in [-0.15, -0.1) is 0 Å². The van der Waals surface area contributed by atoms with Gasteiger partial charge in [0.15, 0.2) is 0 Å². The topological polar surface area (TPSA) is 65.5 Å². The molecular weight excluding hydrogens is 352 g/mol. The van der Waals surface area contributed by atoms with E-state index in [1.165, 1.54) is 0 Å². The van der Waals surface area contributed by atoms with Gasteiger partial charge in [0.1, 0.15) is 5.82 Å². The van der Waals surface area contributed by atoms with Crippen LogP contribution in [0.3, 0.4) is 0 Å². The first-order valence-electron chi connectivity index (χ1n) is 10.1. The monoisotopic (exact) mass is 378 g/mol. The minimum atomic E-state index is -0.0606. The SMILES string of the molecule is CCCCNC(=O)c1cnc2c(c1)CC1CN(C(=O)c3ccccc3)CCN21. The number of amides is 2. The van der Waals surface area contributed by atoms with E-state index in [2.05, 4.69) is 22.1 Å². The fourth-order valence-electron chi connectivity index (χ4n) is 4.03. The van der Waals surface area contributed by atoms with Crippen LogP contribution < -0.4 is 10.2 Å². The Hall–Kier alpha value is -2.89. The second-order valence-electron chi connectivity index (χ2n) is 7.48. The van der Waals surface area contributed by atoms with Gasteiger partial charge in [-0.1, -0.05) is 31.5 Å². The summed E-state index contributed by atoms with van der Waals surface area (Å²) in [7, 11) is 0. The van der Waals surface area contributed by atoms with Gasteiger partial charge in [-0.05, 0) is 36.6 Å². The number of hydrogen-bond donors (Lipinski definition) is 1. The zero-order chi connectivity index (χ0) is 19.5. The third kappa shape index (κ3) is 3.59. The van der Waals surface area contributed by atoms with Gasteiger partial charge >= 0.3 is 0 Å². The zero-order valence-electron chi connectivity index (χ0n) is 16.2. The Morgan fingerprint density at radius 2 is 2.00 bits per heavy atom. The van der Waals surface area contributed by atoms with Crippen LogP contribution in [0, 0.1) is 0 Å². The third-order valence-electron chi connectivity index (χ3n) is 5.54. The number of carbonyl (C=O) groups is 2. The largest absolute Gasteiger partial charge is 0.352 e. The lowest BCUT2D eigenvalue weighted by molar-refractivity contribution is 0.0724. The summed E-state index contributed by atoms with van der Waals surface area (Å²) in [5.74, 6) is 0.983. The summed E-state index contributed by atoms with van der Waals surface area (Å²) >= 11 is 0. The van der Waals surface area contributed by atoms with Crippen LogP contribution in [0.4, 0.5) is 5.82 Å². The first kappa shape index (κ1) is 18.5. The summed E-state index contributed by atoms with van der Waals surface area (Å²) in [6.07, 6.45) is 4.52. The first-order valence-corrected chi connectivity index (χ1v) is 10.1. The molecular formula is C22H26N4O2. The van der Waals surface area contributed by atoms with Crippen molar-refractivity contribution in [2.45, 2.75) is 32.2 Å². The van der Waals surface area contributed by atoms with Crippen molar-refractivity contribution in [3.63, 3.8) is 0 Å². The molecule has 0 saturated carbocycles. The number of nitrogens with zero attached hydrogens (tertiary/aromatic N) is 3. The smallest absolute Gasteiger partial charge is 0.253 e. The molecule has 2 amide bonds. The van der Waals surface area contributed by atoms with E-state index in [1.54, 1.807) is 6.20 Å². The summed E-state index contributed by atoms with van der Waals surface area (Å²) < 4.78 is 0. The number of unbranched alkanes of at least 4 members (excludes halogenated alkanes) is 1. The molecule has 28 heavy (non-hydrogen) atoms. The molecule has 2 aliphatic rings. The molecule has 146 valence electrons. The van der Waals surface area contributed by atoms with Gasteiger partial charge in [-0.3, -0.25) is 9.59 Å². The molecule has 0 radical (unpaired) electrons. The van der Waals surface area contributed by atoms with Crippen LogP contribution in [0.1, 0.15) is 46.0 Å². The average molecular weight is 378 g/mol. The van der Waals surface area contributed by atoms with E-state index in [4.69, 9.17) is 0 Å². The quantitative estimate of drug-likeness (QED) is 0.812. The van der Waals surface area contributed by atoms with Crippen molar-refractivity contribution in [1.29, 1.82) is 0 Å². The molecule has 2 aromatic rings. The molecule has 6 heteroatoms. The maximum atomic E-state index is 12.8. The summed E-state index contributed by atoms with van der Waals surface area (Å²) in [5, 5.41) is 2.95. The zero-order valence-corrected chi connectivity index (χ0v) is 16.2. The molecule has 0 spiro atoms. The number of aromatic nitrogens is 1. The number of nitrogens with one attached hydrogen (secondary N) is 1. The van der Waals surface area contributed by atoms with Crippen LogP contribution in [0.25, 0.3) is 0 Å². The lowest BCUT2D eigenvalue weighted by Crippen LogP contribution is -2.53. The van der Waals surface area contributed by atoms with E-state index in [0.29, 0.717) is 25.2 Å². The van der Waals surface area contributed by atoms with Crippen LogP contribution in [-0.4, -0.2) is 53.9 Å². The molecule has 0 aliphatic carbocycles. The molecule has 2 aliphatic heterocycles. The molecule has 1 fully saturated rings. The summed E-state index contributed by atoms with van der Waals surface area (Å²) in [5.41, 5.74) is 2.45. The average Bonchev–Trinajstić information content (AvgIpc) is 3.10. The molecule has 1 atom stereocenters. The van der Waals surface area contributed by atoms with E-state index in [0.717, 1.165) is 42.8 Å². The second-order valence-corrected chi connectivity index (χ2v) is 7.48. The van der Waals surface area contributed by atoms with E-state index >= 15 is 0 Å². The van der Waals surface area contributed by atoms with Crippen LogP contribution in [0.15, 0.2) is 42.6 Å². The Morgan fingerprint density at radius 3 is 2.79 bits per heavy atom. The number of fused-ring (bicyclic) bond motifs is 3. The number of anilines is 1. The highest BCUT2D eigenvalue weighted by atomic mass is 16.2. The Bertz CT molecular complexity index is 868. The van der Waals surface area contributed by atoms with Crippen LogP contribution >= 0.6 is 0 Å². The standard InChI is InChI=1S/C22H26N4O2/c1-2-3-9-23-21(27)18-12-17-13-19-15-25(10-11-26(19)20(17)24-14-18)22(28)16-7-5-4-6-8-16/h4-8,12,14,19H,2-3,9-11,13,15H2,1H3,(H,23,27). The second kappa shape index (κ2) is 8.00. The summed E-state index contributed by atoms with van der Waals surface area (Å²) in [6, 6.07) is 11.6. The molecule has 1 N–H and O–H groups in total. The molecule has 3 heterocycles. The molecule has 0 bridgehead atoms. The van der Waals surface area contributed by atoms with Crippen molar-refractivity contribution in [2.24, 2.45) is 0 Å². The van der Waals surface area contributed by atoms with E-state index in [9.17, 15) is 9.59 Å². The van der Waals surface area contributed by atoms with Gasteiger partial charge in [-0.25, -0.2) is 4.98 Å². The van der Waals surface area contributed by atoms with Crippen LogP contribution in [0.2, 0.25) is 0 Å². The molecule has 4 rings (SSSR count). The molecule has 1 aromatic carbocycles. The van der Waals surface area contributed by atoms with Crippen LogP contribution in [0.5, 0.6) is 0 Å². The number of carbonyl (C=O) groups excluding carboxylic acids is 2. The highest BCUT2D eigenvalue weighted by Gasteiger charge is 2.37. The molecule has 6 nitrogen and oxygen atoms in total. The maximum Gasteiger partial charge on any atom is 0.253 e. The van der Waals surface area contributed by atoms with Gasteiger partial charge in [0.05, 0.1) is 11.6 Å². The minimum Gasteiger partial charge on any atom is -0.352 e. The number of rotatable bonds is 5. The molecule has 1 aromatic heterocycles. The number of hydrogen-bond acceptors (Lipinski definition) is 4. The van der Waals surface area contributed by atoms with Gasteiger partial charge in [-0.2, -0.15) is 0 Å². The predicted molar refractivity (Wildman–Crippen MR) is 109 cm³/mol. The van der Waals surface area contributed by atoms with E-state index in [-0.39, 0.29) is 17.9 Å². The lowest BCUT2D eigenvalue weighted by Gasteiger charge is -2.38. The highest BCUT2D eigenvalue weighted by Crippen LogP contribution is 2.33. The normalized spacial score (nSPS) is 17.8. The van der Waals surface area contributed by atoms with Crippen molar-refractivity contribution < 1.29 is 9.59 Å². The van der Waals surface area contributed by atoms with Crippen molar-refractivity contribution in [3.05, 3.63) is 59.3 Å². The van der Waals surface area contributed by atoms with Crippen molar-refractivity contribution >= 4 is 17.6 Å². The van der Waals surface area contributed by atoms with Gasteiger partial charge < -0.3 is 15.1 Å². The first-order chi connectivity index (χ1) is 13.7. The maximum absolute atomic E-state index is 12.8. The molecule has 1 saturated heterocycles. The van der Waals surface area contributed by atoms with E-state index < -0.39 is 0 Å². The minimum absolute atomic E-state index is 0.0606. The number of benzene rings is 1. The Labute approximate surface area is 165 Å². The predicted octanol–water partition coefficient (Wildman–Crippen LogP) is 2.50. The lowest BCUT2D eigenvalue weighted by atomic mass is 10.1. The summed E-state index contributed by atoms with van der Waals surface area (Å²) in [4.78, 5) is 33.9.